The Morgan fingerprint density at radius 1 is 0.732 bits per heavy atom. The lowest BCUT2D eigenvalue weighted by Gasteiger charge is -2.29. The van der Waals surface area contributed by atoms with Crippen LogP contribution in [0.5, 0.6) is 0 Å². The first-order chi connectivity index (χ1) is 26.8. The first-order valence-electron chi connectivity index (χ1n) is 17.6. The Morgan fingerprint density at radius 2 is 1.12 bits per heavy atom. The Balaban J connectivity index is 1.02. The molecule has 6 heterocycles. The van der Waals surface area contributed by atoms with E-state index in [2.05, 4.69) is 32.3 Å². The minimum atomic E-state index is -2.15. The Hall–Kier alpha value is -6.17. The molecule has 2 saturated carbocycles. The van der Waals surface area contributed by atoms with Gasteiger partial charge in [0.15, 0.2) is 11.6 Å². The average molecular weight is 767 g/mol. The molecule has 4 aromatic rings. The summed E-state index contributed by atoms with van der Waals surface area (Å²) in [5, 5.41) is 94.1. The van der Waals surface area contributed by atoms with Gasteiger partial charge in [-0.3, -0.25) is 0 Å². The average Bonchev–Trinajstić information content (AvgIpc) is 4.04. The SMILES string of the molecule is N#CC1(C(C[C@H]2O[C@@](C#N)(c3ccc4c(N)ncnn34)[C@H](O)[C@@H]2O)OC(=O)OC(C[C@H]2O[C@@](C#N)(c3ccc4c(N)ncnn34)[C@H](O)[C@@H]2O)C2(C#N)CC2)CC1. The maximum Gasteiger partial charge on any atom is 0.508 e. The van der Waals surface area contributed by atoms with Gasteiger partial charge in [0, 0.05) is 12.8 Å². The van der Waals surface area contributed by atoms with Crippen LogP contribution in [0.15, 0.2) is 36.9 Å². The van der Waals surface area contributed by atoms with Gasteiger partial charge in [0.05, 0.1) is 46.6 Å². The number of ether oxygens (including phenoxy) is 4. The van der Waals surface area contributed by atoms with Crippen LogP contribution < -0.4 is 11.5 Å². The lowest BCUT2D eigenvalue weighted by atomic mass is 9.90. The van der Waals surface area contributed by atoms with Crippen LogP contribution in [0, 0.1) is 56.2 Å². The highest BCUT2D eigenvalue weighted by atomic mass is 16.7. The highest BCUT2D eigenvalue weighted by Crippen LogP contribution is 2.54. The third-order valence-electron chi connectivity index (χ3n) is 11.6. The summed E-state index contributed by atoms with van der Waals surface area (Å²) in [6, 6.07) is 14.1. The van der Waals surface area contributed by atoms with Crippen LogP contribution in [-0.2, 0) is 30.1 Å². The van der Waals surface area contributed by atoms with Gasteiger partial charge in [-0.25, -0.2) is 23.8 Å². The van der Waals surface area contributed by atoms with Gasteiger partial charge >= 0.3 is 6.16 Å². The fourth-order valence-electron chi connectivity index (χ4n) is 7.95. The van der Waals surface area contributed by atoms with Gasteiger partial charge in [-0.1, -0.05) is 0 Å². The van der Waals surface area contributed by atoms with Crippen LogP contribution in [-0.4, -0.2) is 105 Å². The predicted molar refractivity (Wildman–Crippen MR) is 182 cm³/mol. The molecule has 8 rings (SSSR count). The van der Waals surface area contributed by atoms with Crippen molar-refractivity contribution in [2.75, 3.05) is 11.5 Å². The minimum Gasteiger partial charge on any atom is -0.429 e. The van der Waals surface area contributed by atoms with Gasteiger partial charge in [-0.15, -0.1) is 0 Å². The highest BCUT2D eigenvalue weighted by molar-refractivity contribution is 5.67. The Morgan fingerprint density at radius 3 is 1.46 bits per heavy atom. The second kappa shape index (κ2) is 13.0. The van der Waals surface area contributed by atoms with E-state index in [-0.39, 0.29) is 35.9 Å². The zero-order chi connectivity index (χ0) is 39.8. The predicted octanol–water partition coefficient (Wildman–Crippen LogP) is -0.406. The summed E-state index contributed by atoms with van der Waals surface area (Å²) in [6.07, 6.45) is -10.7. The number of nitrogens with two attached hydrogens (primary N) is 2. The largest absolute Gasteiger partial charge is 0.508 e. The summed E-state index contributed by atoms with van der Waals surface area (Å²) in [7, 11) is 0. The molecule has 2 aliphatic carbocycles. The van der Waals surface area contributed by atoms with Crippen LogP contribution in [0.4, 0.5) is 16.4 Å². The molecule has 10 atom stereocenters. The van der Waals surface area contributed by atoms with Crippen LogP contribution in [0.2, 0.25) is 0 Å². The maximum absolute atomic E-state index is 13.6. The van der Waals surface area contributed by atoms with E-state index in [4.69, 9.17) is 30.4 Å². The molecule has 0 radical (unpaired) electrons. The molecule has 0 aromatic carbocycles. The summed E-state index contributed by atoms with van der Waals surface area (Å²) in [5.74, 6) is 0.182. The number of hydrogen-bond donors (Lipinski definition) is 6. The molecule has 8 N–H and O–H groups in total. The third kappa shape index (κ3) is 5.36. The van der Waals surface area contributed by atoms with Crippen LogP contribution in [0.3, 0.4) is 0 Å². The van der Waals surface area contributed by atoms with E-state index in [9.17, 15) is 46.3 Å². The third-order valence-corrected chi connectivity index (χ3v) is 11.6. The molecule has 21 heteroatoms. The Labute approximate surface area is 316 Å². The number of fused-ring (bicyclic) bond motifs is 2. The number of carbonyl (C=O) groups is 1. The topological polar surface area (TPSA) is 342 Å². The van der Waals surface area contributed by atoms with Crippen molar-refractivity contribution in [3.8, 4) is 24.3 Å². The smallest absolute Gasteiger partial charge is 0.429 e. The fourth-order valence-corrected chi connectivity index (χ4v) is 7.95. The number of aliphatic hydroxyl groups excluding tert-OH is 4. The Kier molecular flexibility index (Phi) is 8.52. The minimum absolute atomic E-state index is 0.0509. The zero-order valence-electron chi connectivity index (χ0n) is 29.3. The van der Waals surface area contributed by atoms with Gasteiger partial charge in [0.2, 0.25) is 11.2 Å². The quantitative estimate of drug-likeness (QED) is 0.112. The lowest BCUT2D eigenvalue weighted by molar-refractivity contribution is -0.0905. The lowest BCUT2D eigenvalue weighted by Crippen LogP contribution is -2.41. The molecule has 21 nitrogen and oxygen atoms in total. The van der Waals surface area contributed by atoms with Crippen LogP contribution >= 0.6 is 0 Å². The molecule has 0 bridgehead atoms. The van der Waals surface area contributed by atoms with E-state index < -0.39 is 77.0 Å². The number of rotatable bonds is 10. The molecule has 4 fully saturated rings. The van der Waals surface area contributed by atoms with Gasteiger partial charge in [0.25, 0.3) is 0 Å². The second-order valence-corrected chi connectivity index (χ2v) is 14.7. The number of nitriles is 4. The van der Waals surface area contributed by atoms with Crippen molar-refractivity contribution in [1.82, 2.24) is 29.2 Å². The molecule has 0 amide bonds. The number of aromatic nitrogens is 6. The molecule has 288 valence electrons. The Bertz CT molecular complexity index is 2240. The monoisotopic (exact) mass is 766 g/mol. The number of carbonyl (C=O) groups excluding carboxylic acids is 1. The molecule has 2 saturated heterocycles. The van der Waals surface area contributed by atoms with Gasteiger partial charge in [-0.05, 0) is 49.9 Å². The maximum atomic E-state index is 13.6. The summed E-state index contributed by atoms with van der Waals surface area (Å²) in [4.78, 5) is 21.5. The van der Waals surface area contributed by atoms with Crippen molar-refractivity contribution in [1.29, 1.82) is 21.0 Å². The summed E-state index contributed by atoms with van der Waals surface area (Å²) >= 11 is 0. The normalized spacial score (nSPS) is 32.1. The number of nitrogen functional groups attached to an aromatic ring is 2. The van der Waals surface area contributed by atoms with Crippen molar-refractivity contribution in [3.63, 3.8) is 0 Å². The zero-order valence-corrected chi connectivity index (χ0v) is 29.3. The number of hydrogen-bond acceptors (Lipinski definition) is 19. The number of aliphatic hydroxyl groups is 4. The van der Waals surface area contributed by atoms with Crippen molar-refractivity contribution in [3.05, 3.63) is 48.3 Å². The van der Waals surface area contributed by atoms with Gasteiger partial charge in [0.1, 0.15) is 72.5 Å². The van der Waals surface area contributed by atoms with Crippen molar-refractivity contribution < 1.29 is 44.2 Å². The van der Waals surface area contributed by atoms with E-state index in [0.29, 0.717) is 36.7 Å². The van der Waals surface area contributed by atoms with Gasteiger partial charge < -0.3 is 50.8 Å². The molecule has 4 aliphatic rings. The van der Waals surface area contributed by atoms with E-state index in [1.165, 1.54) is 33.3 Å². The van der Waals surface area contributed by atoms with Gasteiger partial charge in [-0.2, -0.15) is 31.2 Å². The fraction of sp³-hybridized carbons (Fsp3) is 0.514. The molecule has 4 aromatic heterocycles. The highest BCUT2D eigenvalue weighted by Gasteiger charge is 2.63. The molecule has 56 heavy (non-hydrogen) atoms. The van der Waals surface area contributed by atoms with E-state index in [0.717, 1.165) is 12.7 Å². The number of nitrogens with zero attached hydrogens (tertiary/aromatic N) is 10. The van der Waals surface area contributed by atoms with Crippen molar-refractivity contribution in [2.45, 2.75) is 98.6 Å². The van der Waals surface area contributed by atoms with E-state index >= 15 is 0 Å². The van der Waals surface area contributed by atoms with Crippen LogP contribution in [0.25, 0.3) is 11.0 Å². The second-order valence-electron chi connectivity index (χ2n) is 14.7. The summed E-state index contributed by atoms with van der Waals surface area (Å²) in [5.41, 5.74) is 5.89. The standard InChI is InChI=1S/C35H34N12O9/c36-11-32(5-6-32)23(9-19-25(48)27(50)34(13-38,55-19)21-3-1-17-29(40)42-15-44-46(17)21)53-31(52)54-24(33(12-37)7-8-33)10-20-26(49)28(51)35(14-39,56-20)22-4-2-18-30(41)43-16-45-47(18)22/h1-4,15-16,19-20,23-28,48-51H,5-10H2,(H2,40,42,44)(H2,41,43,45)/t19-,20-,23?,24?,25-,26-,27-,28-,34+,35+/m1/s1. The van der Waals surface area contributed by atoms with Crippen molar-refractivity contribution in [2.24, 2.45) is 10.8 Å². The molecule has 0 spiro atoms. The summed E-state index contributed by atoms with van der Waals surface area (Å²) < 4.78 is 26.2. The van der Waals surface area contributed by atoms with E-state index in [1.807, 2.05) is 12.1 Å². The molecular weight excluding hydrogens is 732 g/mol. The van der Waals surface area contributed by atoms with E-state index in [1.54, 1.807) is 0 Å². The number of anilines is 2. The molecule has 2 unspecified atom stereocenters. The molecule has 2 aliphatic heterocycles. The first-order valence-corrected chi connectivity index (χ1v) is 17.6. The summed E-state index contributed by atoms with van der Waals surface area (Å²) in [6.45, 7) is 0. The van der Waals surface area contributed by atoms with Crippen LogP contribution in [0.1, 0.15) is 49.9 Å². The molecular formula is C35H34N12O9. The first kappa shape index (κ1) is 36.8. The van der Waals surface area contributed by atoms with Crippen molar-refractivity contribution >= 4 is 28.8 Å².